The van der Waals surface area contributed by atoms with Gasteiger partial charge in [0.15, 0.2) is 0 Å². The van der Waals surface area contributed by atoms with Gasteiger partial charge in [-0.05, 0) is 66.1 Å². The highest BCUT2D eigenvalue weighted by molar-refractivity contribution is 6.35. The summed E-state index contributed by atoms with van der Waals surface area (Å²) >= 11 is 0. The molecule has 0 aromatic heterocycles. The molecule has 0 saturated heterocycles. The summed E-state index contributed by atoms with van der Waals surface area (Å²) in [7, 11) is 0. The van der Waals surface area contributed by atoms with E-state index in [0.717, 1.165) is 11.1 Å². The van der Waals surface area contributed by atoms with Gasteiger partial charge in [0.05, 0.1) is 33.6 Å². The van der Waals surface area contributed by atoms with Crippen molar-refractivity contribution in [2.45, 2.75) is 6.42 Å². The maximum atomic E-state index is 13.0. The van der Waals surface area contributed by atoms with E-state index in [-0.39, 0.29) is 23.6 Å². The maximum absolute atomic E-state index is 13.0. The van der Waals surface area contributed by atoms with E-state index in [4.69, 9.17) is 0 Å². The van der Waals surface area contributed by atoms with Crippen LogP contribution in [-0.4, -0.2) is 23.6 Å². The summed E-state index contributed by atoms with van der Waals surface area (Å²) < 4.78 is 0. The van der Waals surface area contributed by atoms with Crippen LogP contribution in [0.1, 0.15) is 52.6 Å². The van der Waals surface area contributed by atoms with E-state index in [1.807, 2.05) is 24.3 Å². The molecular formula is C29H18N2O4. The fourth-order valence-corrected chi connectivity index (χ4v) is 4.65. The van der Waals surface area contributed by atoms with Crippen molar-refractivity contribution in [3.05, 3.63) is 130 Å². The van der Waals surface area contributed by atoms with Crippen LogP contribution in [0.4, 0.5) is 11.4 Å². The van der Waals surface area contributed by atoms with Crippen LogP contribution in [0.3, 0.4) is 0 Å². The van der Waals surface area contributed by atoms with E-state index >= 15 is 0 Å². The number of amides is 4. The third kappa shape index (κ3) is 3.27. The normalized spacial score (nSPS) is 14.5. The van der Waals surface area contributed by atoms with E-state index < -0.39 is 0 Å². The van der Waals surface area contributed by atoms with Crippen LogP contribution in [0.2, 0.25) is 0 Å². The number of fused-ring (bicyclic) bond motifs is 2. The van der Waals surface area contributed by atoms with Crippen LogP contribution >= 0.6 is 0 Å². The lowest BCUT2D eigenvalue weighted by Crippen LogP contribution is -2.29. The number of rotatable bonds is 4. The molecule has 0 radical (unpaired) electrons. The van der Waals surface area contributed by atoms with Crippen molar-refractivity contribution in [1.82, 2.24) is 0 Å². The van der Waals surface area contributed by atoms with Gasteiger partial charge in [0.2, 0.25) is 0 Å². The second kappa shape index (κ2) is 7.88. The highest BCUT2D eigenvalue weighted by atomic mass is 16.2. The second-order valence-electron chi connectivity index (χ2n) is 8.50. The number of carbonyl (C=O) groups is 4. The van der Waals surface area contributed by atoms with Crippen LogP contribution in [0, 0.1) is 0 Å². The Morgan fingerprint density at radius 2 is 0.800 bits per heavy atom. The van der Waals surface area contributed by atoms with E-state index in [2.05, 4.69) is 0 Å². The zero-order chi connectivity index (χ0) is 24.1. The van der Waals surface area contributed by atoms with Crippen molar-refractivity contribution in [2.75, 3.05) is 9.80 Å². The molecule has 0 fully saturated rings. The van der Waals surface area contributed by atoms with Crippen molar-refractivity contribution >= 4 is 35.0 Å². The van der Waals surface area contributed by atoms with Crippen molar-refractivity contribution in [1.29, 1.82) is 0 Å². The number of para-hydroxylation sites is 2. The zero-order valence-electron chi connectivity index (χ0n) is 18.5. The zero-order valence-corrected chi connectivity index (χ0v) is 18.5. The molecule has 35 heavy (non-hydrogen) atoms. The number of imide groups is 2. The molecule has 168 valence electrons. The van der Waals surface area contributed by atoms with Gasteiger partial charge in [0, 0.05) is 0 Å². The first-order valence-corrected chi connectivity index (χ1v) is 11.2. The van der Waals surface area contributed by atoms with Crippen LogP contribution in [-0.2, 0) is 6.42 Å². The Balaban J connectivity index is 1.29. The first-order chi connectivity index (χ1) is 17.0. The van der Waals surface area contributed by atoms with Gasteiger partial charge >= 0.3 is 0 Å². The van der Waals surface area contributed by atoms with E-state index in [9.17, 15) is 19.2 Å². The minimum absolute atomic E-state index is 0.342. The van der Waals surface area contributed by atoms with Crippen LogP contribution in [0.5, 0.6) is 0 Å². The lowest BCUT2D eigenvalue weighted by atomic mass is 9.98. The summed E-state index contributed by atoms with van der Waals surface area (Å²) in [5.74, 6) is -1.40. The molecule has 4 aromatic rings. The molecule has 0 saturated carbocycles. The molecule has 6 heteroatoms. The smallest absolute Gasteiger partial charge is 0.266 e. The molecule has 0 bridgehead atoms. The quantitative estimate of drug-likeness (QED) is 0.409. The number of hydrogen-bond donors (Lipinski definition) is 0. The Bertz CT molecular complexity index is 1430. The predicted octanol–water partition coefficient (Wildman–Crippen LogP) is 4.88. The van der Waals surface area contributed by atoms with E-state index in [0.29, 0.717) is 40.0 Å². The number of hydrogen-bond acceptors (Lipinski definition) is 4. The summed E-state index contributed by atoms with van der Waals surface area (Å²) in [6, 6.07) is 28.1. The Kier molecular flexibility index (Phi) is 4.67. The monoisotopic (exact) mass is 458 g/mol. The van der Waals surface area contributed by atoms with Crippen LogP contribution in [0.25, 0.3) is 0 Å². The number of nitrogens with zero attached hydrogens (tertiary/aromatic N) is 2. The van der Waals surface area contributed by atoms with Gasteiger partial charge in [-0.2, -0.15) is 0 Å². The third-order valence-corrected chi connectivity index (χ3v) is 6.34. The fourth-order valence-electron chi connectivity index (χ4n) is 4.65. The van der Waals surface area contributed by atoms with Crippen molar-refractivity contribution < 1.29 is 19.2 Å². The molecule has 4 amide bonds. The Hall–Kier alpha value is -4.84. The Labute approximate surface area is 201 Å². The largest absolute Gasteiger partial charge is 0.268 e. The number of carbonyl (C=O) groups excluding carboxylic acids is 4. The third-order valence-electron chi connectivity index (χ3n) is 6.34. The number of benzene rings is 4. The van der Waals surface area contributed by atoms with Gasteiger partial charge in [-0.25, -0.2) is 9.80 Å². The molecule has 4 aromatic carbocycles. The Morgan fingerprint density at radius 1 is 0.429 bits per heavy atom. The van der Waals surface area contributed by atoms with Gasteiger partial charge in [0.25, 0.3) is 23.6 Å². The first kappa shape index (κ1) is 20.7. The second-order valence-corrected chi connectivity index (χ2v) is 8.50. The van der Waals surface area contributed by atoms with Gasteiger partial charge < -0.3 is 0 Å². The van der Waals surface area contributed by atoms with Gasteiger partial charge in [-0.15, -0.1) is 0 Å². The fraction of sp³-hybridized carbons (Fsp3) is 0.0345. The van der Waals surface area contributed by atoms with Crippen molar-refractivity contribution in [2.24, 2.45) is 0 Å². The molecule has 0 N–H and O–H groups in total. The summed E-state index contributed by atoms with van der Waals surface area (Å²) in [5, 5.41) is 0. The SMILES string of the molecule is O=C1c2ccc(Cc3ccc4c(c3)C(=O)N(c3ccccc3)C4=O)cc2C(=O)N1c1ccccc1. The minimum atomic E-state index is -0.355. The lowest BCUT2D eigenvalue weighted by molar-refractivity contribution is 0.0910. The van der Waals surface area contributed by atoms with E-state index in [1.54, 1.807) is 72.8 Å². The summed E-state index contributed by atoms with van der Waals surface area (Å²) in [6.07, 6.45) is 0.445. The first-order valence-electron chi connectivity index (χ1n) is 11.2. The maximum Gasteiger partial charge on any atom is 0.266 e. The summed E-state index contributed by atoms with van der Waals surface area (Å²) in [6.45, 7) is 0. The molecule has 2 aliphatic rings. The molecule has 2 heterocycles. The Morgan fingerprint density at radius 3 is 1.20 bits per heavy atom. The minimum Gasteiger partial charge on any atom is -0.268 e. The number of anilines is 2. The molecule has 0 aliphatic carbocycles. The standard InChI is InChI=1S/C29H18N2O4/c32-26-22-13-11-18(16-24(22)28(34)30(26)20-7-3-1-4-8-20)15-19-12-14-23-25(17-19)29(35)31(27(23)33)21-9-5-2-6-10-21/h1-14,16-17H,15H2. The van der Waals surface area contributed by atoms with Gasteiger partial charge in [0.1, 0.15) is 0 Å². The molecule has 0 atom stereocenters. The predicted molar refractivity (Wildman–Crippen MR) is 131 cm³/mol. The molecule has 6 nitrogen and oxygen atoms in total. The molecular weight excluding hydrogens is 440 g/mol. The van der Waals surface area contributed by atoms with Crippen molar-refractivity contribution in [3.63, 3.8) is 0 Å². The van der Waals surface area contributed by atoms with Crippen LogP contribution in [0.15, 0.2) is 97.1 Å². The molecule has 6 rings (SSSR count). The summed E-state index contributed by atoms with van der Waals surface area (Å²) in [5.41, 5.74) is 4.19. The van der Waals surface area contributed by atoms with Crippen LogP contribution < -0.4 is 9.80 Å². The van der Waals surface area contributed by atoms with Crippen molar-refractivity contribution in [3.8, 4) is 0 Å². The van der Waals surface area contributed by atoms with Gasteiger partial charge in [-0.3, -0.25) is 19.2 Å². The molecule has 0 spiro atoms. The molecule has 0 unspecified atom stereocenters. The highest BCUT2D eigenvalue weighted by Gasteiger charge is 2.38. The average Bonchev–Trinajstić information content (AvgIpc) is 3.28. The lowest BCUT2D eigenvalue weighted by Gasteiger charge is -2.13. The topological polar surface area (TPSA) is 74.8 Å². The molecule has 2 aliphatic heterocycles. The average molecular weight is 458 g/mol. The highest BCUT2D eigenvalue weighted by Crippen LogP contribution is 2.31. The van der Waals surface area contributed by atoms with Gasteiger partial charge in [-0.1, -0.05) is 48.5 Å². The summed E-state index contributed by atoms with van der Waals surface area (Å²) in [4.78, 5) is 54.1. The van der Waals surface area contributed by atoms with E-state index in [1.165, 1.54) is 9.80 Å².